The lowest BCUT2D eigenvalue weighted by Gasteiger charge is -2.30. The molecule has 0 aliphatic carbocycles. The van der Waals surface area contributed by atoms with Gasteiger partial charge >= 0.3 is 5.97 Å². The lowest BCUT2D eigenvalue weighted by Crippen LogP contribution is -2.41. The molecule has 0 radical (unpaired) electrons. The van der Waals surface area contributed by atoms with Crippen molar-refractivity contribution < 1.29 is 22.7 Å². The first-order valence-electron chi connectivity index (χ1n) is 10.4. The van der Waals surface area contributed by atoms with E-state index >= 15 is 0 Å². The number of nitrogens with one attached hydrogen (secondary N) is 1. The maximum absolute atomic E-state index is 12.9. The lowest BCUT2D eigenvalue weighted by molar-refractivity contribution is -0.140. The molecule has 3 rings (SSSR count). The van der Waals surface area contributed by atoms with Crippen LogP contribution >= 0.6 is 0 Å². The molecule has 1 amide bonds. The number of nitrogens with zero attached hydrogens (tertiary/aromatic N) is 3. The topological polar surface area (TPSA) is 140 Å². The summed E-state index contributed by atoms with van der Waals surface area (Å²) in [7, 11) is -3.72. The minimum atomic E-state index is -3.72. The predicted molar refractivity (Wildman–Crippen MR) is 124 cm³/mol. The number of ether oxygens (including phenoxy) is 1. The molecule has 1 heterocycles. The minimum Gasteiger partial charge on any atom is -0.426 e. The van der Waals surface area contributed by atoms with Gasteiger partial charge in [0.2, 0.25) is 15.9 Å². The number of allylic oxidation sites excluding steroid dienone is 1. The zero-order valence-electron chi connectivity index (χ0n) is 18.4. The van der Waals surface area contributed by atoms with E-state index in [0.717, 1.165) is 0 Å². The van der Waals surface area contributed by atoms with Gasteiger partial charge in [-0.1, -0.05) is 12.1 Å². The molecule has 1 aliphatic rings. The van der Waals surface area contributed by atoms with E-state index < -0.39 is 21.9 Å². The Kier molecular flexibility index (Phi) is 7.79. The average molecular weight is 479 g/mol. The SMILES string of the molecule is CC(=O)Nc1ccc(S(=O)(=O)N2CCC(C(=O)Oc3ccc(C=C(C#N)C#N)cc3)CC2)cc1. The summed E-state index contributed by atoms with van der Waals surface area (Å²) >= 11 is 0. The van der Waals surface area contributed by atoms with E-state index in [9.17, 15) is 18.0 Å². The largest absolute Gasteiger partial charge is 0.426 e. The molecule has 0 saturated carbocycles. The van der Waals surface area contributed by atoms with Crippen LogP contribution in [-0.2, 0) is 19.6 Å². The fourth-order valence-corrected chi connectivity index (χ4v) is 4.95. The van der Waals surface area contributed by atoms with Crippen LogP contribution < -0.4 is 10.1 Å². The van der Waals surface area contributed by atoms with E-state index in [0.29, 0.717) is 29.8 Å². The van der Waals surface area contributed by atoms with Gasteiger partial charge in [0.15, 0.2) is 0 Å². The second kappa shape index (κ2) is 10.8. The highest BCUT2D eigenvalue weighted by Crippen LogP contribution is 2.26. The molecule has 34 heavy (non-hydrogen) atoms. The zero-order valence-corrected chi connectivity index (χ0v) is 19.2. The number of esters is 1. The monoisotopic (exact) mass is 478 g/mol. The van der Waals surface area contributed by atoms with E-state index in [1.165, 1.54) is 41.6 Å². The fraction of sp³-hybridized carbons (Fsp3) is 0.250. The third-order valence-corrected chi connectivity index (χ3v) is 7.16. The molecule has 1 fully saturated rings. The van der Waals surface area contributed by atoms with Crippen LogP contribution in [0, 0.1) is 28.6 Å². The number of sulfonamides is 1. The Morgan fingerprint density at radius 2 is 1.62 bits per heavy atom. The van der Waals surface area contributed by atoms with Crippen LogP contribution in [0.2, 0.25) is 0 Å². The highest BCUT2D eigenvalue weighted by atomic mass is 32.2. The van der Waals surface area contributed by atoms with Gasteiger partial charge in [-0.25, -0.2) is 8.42 Å². The molecule has 2 aromatic carbocycles. The molecule has 10 heteroatoms. The number of hydrogen-bond donors (Lipinski definition) is 1. The van der Waals surface area contributed by atoms with Gasteiger partial charge in [0.25, 0.3) is 0 Å². The summed E-state index contributed by atoms with van der Waals surface area (Å²) in [5, 5.41) is 20.2. The van der Waals surface area contributed by atoms with E-state index in [1.807, 2.05) is 0 Å². The van der Waals surface area contributed by atoms with Crippen molar-refractivity contribution in [2.24, 2.45) is 5.92 Å². The fourth-order valence-electron chi connectivity index (χ4n) is 3.48. The van der Waals surface area contributed by atoms with Gasteiger partial charge in [0.1, 0.15) is 23.5 Å². The second-order valence-corrected chi connectivity index (χ2v) is 9.59. The van der Waals surface area contributed by atoms with Gasteiger partial charge in [-0.05, 0) is 60.9 Å². The summed E-state index contributed by atoms with van der Waals surface area (Å²) in [4.78, 5) is 23.8. The number of rotatable bonds is 6. The molecule has 1 N–H and O–H groups in total. The first kappa shape index (κ1) is 24.6. The Morgan fingerprint density at radius 3 is 2.15 bits per heavy atom. The van der Waals surface area contributed by atoms with Gasteiger partial charge in [0, 0.05) is 25.7 Å². The molecule has 0 aromatic heterocycles. The number of carbonyl (C=O) groups is 2. The van der Waals surface area contributed by atoms with Crippen LogP contribution in [0.1, 0.15) is 25.3 Å². The molecular formula is C24H22N4O5S. The van der Waals surface area contributed by atoms with Crippen molar-refractivity contribution >= 4 is 33.7 Å². The van der Waals surface area contributed by atoms with Crippen LogP contribution in [0.4, 0.5) is 5.69 Å². The summed E-state index contributed by atoms with van der Waals surface area (Å²) in [6.45, 7) is 1.74. The number of carbonyl (C=O) groups excluding carboxylic acids is 2. The maximum Gasteiger partial charge on any atom is 0.314 e. The van der Waals surface area contributed by atoms with Crippen LogP contribution in [0.25, 0.3) is 6.08 Å². The summed E-state index contributed by atoms with van der Waals surface area (Å²) in [6.07, 6.45) is 2.09. The van der Waals surface area contributed by atoms with Crippen molar-refractivity contribution in [3.63, 3.8) is 0 Å². The molecule has 0 spiro atoms. The number of anilines is 1. The van der Waals surface area contributed by atoms with Gasteiger partial charge in [-0.2, -0.15) is 14.8 Å². The molecule has 0 unspecified atom stereocenters. The summed E-state index contributed by atoms with van der Waals surface area (Å²) in [5.74, 6) is -0.789. The molecule has 1 saturated heterocycles. The number of amides is 1. The van der Waals surface area contributed by atoms with Crippen molar-refractivity contribution in [3.05, 3.63) is 59.7 Å². The molecule has 9 nitrogen and oxygen atoms in total. The second-order valence-electron chi connectivity index (χ2n) is 7.66. The normalized spacial score (nSPS) is 14.3. The third kappa shape index (κ3) is 6.07. The Hall–Kier alpha value is -3.99. The first-order valence-corrected chi connectivity index (χ1v) is 11.9. The van der Waals surface area contributed by atoms with Crippen molar-refractivity contribution in [2.45, 2.75) is 24.7 Å². The first-order chi connectivity index (χ1) is 16.2. The van der Waals surface area contributed by atoms with E-state index in [-0.39, 0.29) is 29.5 Å². The van der Waals surface area contributed by atoms with E-state index in [1.54, 1.807) is 36.4 Å². The minimum absolute atomic E-state index is 0.0323. The van der Waals surface area contributed by atoms with Crippen molar-refractivity contribution in [3.8, 4) is 17.9 Å². The van der Waals surface area contributed by atoms with Gasteiger partial charge in [0.05, 0.1) is 10.8 Å². The number of benzene rings is 2. The number of nitriles is 2. The molecule has 1 aliphatic heterocycles. The Labute approximate surface area is 197 Å². The number of piperidine rings is 1. The molecule has 2 aromatic rings. The predicted octanol–water partition coefficient (Wildman–Crippen LogP) is 3.08. The zero-order chi connectivity index (χ0) is 24.7. The van der Waals surface area contributed by atoms with Crippen LogP contribution in [0.15, 0.2) is 59.0 Å². The molecule has 0 bridgehead atoms. The Balaban J connectivity index is 1.57. The summed E-state index contributed by atoms with van der Waals surface area (Å²) in [5.41, 5.74) is 1.10. The number of hydrogen-bond acceptors (Lipinski definition) is 7. The Morgan fingerprint density at radius 1 is 1.03 bits per heavy atom. The average Bonchev–Trinajstić information content (AvgIpc) is 2.83. The molecular weight excluding hydrogens is 456 g/mol. The van der Waals surface area contributed by atoms with E-state index in [4.69, 9.17) is 15.3 Å². The highest BCUT2D eigenvalue weighted by Gasteiger charge is 2.33. The summed E-state index contributed by atoms with van der Waals surface area (Å²) < 4.78 is 32.6. The van der Waals surface area contributed by atoms with Crippen LogP contribution in [-0.4, -0.2) is 37.7 Å². The van der Waals surface area contributed by atoms with Gasteiger partial charge < -0.3 is 10.1 Å². The lowest BCUT2D eigenvalue weighted by atomic mass is 9.98. The molecule has 0 atom stereocenters. The van der Waals surface area contributed by atoms with Crippen molar-refractivity contribution in [2.75, 3.05) is 18.4 Å². The van der Waals surface area contributed by atoms with Gasteiger partial charge in [-0.3, -0.25) is 9.59 Å². The highest BCUT2D eigenvalue weighted by molar-refractivity contribution is 7.89. The van der Waals surface area contributed by atoms with E-state index in [2.05, 4.69) is 5.32 Å². The van der Waals surface area contributed by atoms with Crippen LogP contribution in [0.5, 0.6) is 5.75 Å². The van der Waals surface area contributed by atoms with Crippen molar-refractivity contribution in [1.82, 2.24) is 4.31 Å². The third-order valence-electron chi connectivity index (χ3n) is 5.25. The Bertz CT molecular complexity index is 1260. The van der Waals surface area contributed by atoms with Gasteiger partial charge in [-0.15, -0.1) is 0 Å². The standard InChI is InChI=1S/C24H22N4O5S/c1-17(29)27-21-4-8-23(9-5-21)34(31,32)28-12-10-20(11-13-28)24(30)33-22-6-2-18(3-7-22)14-19(15-25)16-26/h2-9,14,20H,10-13H2,1H3,(H,27,29). The van der Waals surface area contributed by atoms with Crippen LogP contribution in [0.3, 0.4) is 0 Å². The summed E-state index contributed by atoms with van der Waals surface area (Å²) in [6, 6.07) is 15.9. The smallest absolute Gasteiger partial charge is 0.314 e. The molecule has 174 valence electrons. The maximum atomic E-state index is 12.9. The van der Waals surface area contributed by atoms with Crippen molar-refractivity contribution in [1.29, 1.82) is 10.5 Å². The quantitative estimate of drug-likeness (QED) is 0.382.